The minimum Gasteiger partial charge on any atom is -0.394 e. The highest BCUT2D eigenvalue weighted by molar-refractivity contribution is 5.73. The van der Waals surface area contributed by atoms with Crippen LogP contribution in [0.15, 0.2) is 0 Å². The summed E-state index contributed by atoms with van der Waals surface area (Å²) < 4.78 is 38.9. The van der Waals surface area contributed by atoms with E-state index in [1.807, 2.05) is 0 Å². The molecule has 0 aliphatic carbocycles. The van der Waals surface area contributed by atoms with Gasteiger partial charge in [-0.25, -0.2) is 0 Å². The molecule has 4 aliphatic rings. The summed E-state index contributed by atoms with van der Waals surface area (Å²) >= 11 is 0. The van der Waals surface area contributed by atoms with Crippen LogP contribution >= 0.6 is 0 Å². The number of rotatable bonds is 10. The molecule has 4 heterocycles. The Balaban J connectivity index is 1.59. The number of ether oxygens (including phenoxy) is 7. The molecular weight excluding hydrogens is 646 g/mol. The Kier molecular flexibility index (Phi) is 13.2. The van der Waals surface area contributed by atoms with Crippen LogP contribution in [0.4, 0.5) is 0 Å². The molecule has 4 saturated heterocycles. The van der Waals surface area contributed by atoms with Crippen molar-refractivity contribution in [1.29, 1.82) is 0 Å². The van der Waals surface area contributed by atoms with Crippen LogP contribution in [0, 0.1) is 0 Å². The van der Waals surface area contributed by atoms with Crippen molar-refractivity contribution in [3.8, 4) is 0 Å². The van der Waals surface area contributed by atoms with Crippen molar-refractivity contribution in [2.24, 2.45) is 0 Å². The van der Waals surface area contributed by atoms with Crippen LogP contribution < -0.4 is 5.32 Å². The van der Waals surface area contributed by atoms with Gasteiger partial charge in [-0.05, 0) is 6.92 Å². The molecule has 1 amide bonds. The Morgan fingerprint density at radius 3 is 1.70 bits per heavy atom. The lowest BCUT2D eigenvalue weighted by Crippen LogP contribution is -2.69. The first-order valence-electron chi connectivity index (χ1n) is 15.0. The summed E-state index contributed by atoms with van der Waals surface area (Å²) in [5.74, 6) is -0.735. The molecule has 0 bridgehead atoms. The fourth-order valence-electron chi connectivity index (χ4n) is 5.87. The van der Waals surface area contributed by atoms with E-state index < -0.39 is 148 Å². The van der Waals surface area contributed by atoms with Crippen LogP contribution in [0.1, 0.15) is 13.8 Å². The van der Waals surface area contributed by atoms with Gasteiger partial charge in [-0.3, -0.25) is 4.79 Å². The Morgan fingerprint density at radius 1 is 0.553 bits per heavy atom. The Bertz CT molecular complexity index is 1010. The Morgan fingerprint density at radius 2 is 1.11 bits per heavy atom. The van der Waals surface area contributed by atoms with E-state index in [9.17, 15) is 66.1 Å². The van der Waals surface area contributed by atoms with Crippen molar-refractivity contribution in [1.82, 2.24) is 5.32 Å². The second-order valence-electron chi connectivity index (χ2n) is 11.9. The van der Waals surface area contributed by atoms with Crippen molar-refractivity contribution in [2.75, 3.05) is 19.8 Å². The topological polar surface area (TPSA) is 336 Å². The molecule has 20 atom stereocenters. The normalized spacial score (nSPS) is 51.0. The van der Waals surface area contributed by atoms with Crippen LogP contribution in [0.5, 0.6) is 0 Å². The molecule has 0 spiro atoms. The fourth-order valence-corrected chi connectivity index (χ4v) is 5.87. The summed E-state index contributed by atoms with van der Waals surface area (Å²) in [5.41, 5.74) is 0. The van der Waals surface area contributed by atoms with Gasteiger partial charge in [-0.1, -0.05) is 0 Å². The maximum atomic E-state index is 12.1. The predicted octanol–water partition coefficient (Wildman–Crippen LogP) is -8.58. The SMILES string of the molecule is CC(=O)N[C@H]1[C@H](O[C@@H]2[C@@H](O)[C@H](O)O[C@H](CO)[C@@H]2O)O[C@H](CO)[C@H](O[C@@H]2O[C@H](CO)[C@H](O)[C@H](O)[C@H]2O[C@@H]2O[C@@H](C)[C@@H](O)[C@@H](O)[C@@H]2O)[C@@H]1O. The van der Waals surface area contributed by atoms with Gasteiger partial charge in [0.15, 0.2) is 25.2 Å². The number of carbonyl (C=O) groups is 1. The van der Waals surface area contributed by atoms with E-state index in [0.717, 1.165) is 6.92 Å². The number of aliphatic hydroxyl groups excluding tert-OH is 12. The summed E-state index contributed by atoms with van der Waals surface area (Å²) in [5, 5.41) is 126. The third kappa shape index (κ3) is 8.04. The van der Waals surface area contributed by atoms with Gasteiger partial charge in [0.2, 0.25) is 5.91 Å². The summed E-state index contributed by atoms with van der Waals surface area (Å²) in [6.07, 6.45) is -32.3. The second-order valence-corrected chi connectivity index (χ2v) is 11.9. The van der Waals surface area contributed by atoms with Crippen molar-refractivity contribution in [3.05, 3.63) is 0 Å². The summed E-state index contributed by atoms with van der Waals surface area (Å²) in [4.78, 5) is 12.1. The van der Waals surface area contributed by atoms with E-state index in [2.05, 4.69) is 5.32 Å². The molecule has 4 rings (SSSR count). The van der Waals surface area contributed by atoms with Crippen LogP contribution in [-0.2, 0) is 38.0 Å². The van der Waals surface area contributed by atoms with Crippen molar-refractivity contribution < 1.29 is 99.2 Å². The van der Waals surface area contributed by atoms with Crippen LogP contribution in [0.3, 0.4) is 0 Å². The first-order chi connectivity index (χ1) is 22.1. The maximum absolute atomic E-state index is 12.1. The largest absolute Gasteiger partial charge is 0.394 e. The number of hydrogen-bond acceptors (Lipinski definition) is 20. The van der Waals surface area contributed by atoms with E-state index >= 15 is 0 Å². The number of amides is 1. The standard InChI is InChI=1S/C26H45NO20/c1-6-12(32)16(36)18(38)25(41-6)47-22-17(37)13(33)8(3-28)43-26(22)45-20-10(5-30)44-24(11(15(20)35)27-7(2)31)46-21-14(34)9(4-29)42-23(40)19(21)39/h6,8-26,28-30,32-40H,3-5H2,1-2H3,(H,27,31)/t6-,8+,9+,10+,11+,12+,13-,14-,15+,16+,17-,18-,19+,20-,21-,22+,23+,24-,25-,26-/m0/s1. The molecule has 21 heteroatoms. The van der Waals surface area contributed by atoms with Gasteiger partial charge in [0.1, 0.15) is 91.5 Å². The Hall–Kier alpha value is -1.29. The predicted molar refractivity (Wildman–Crippen MR) is 144 cm³/mol. The van der Waals surface area contributed by atoms with E-state index in [0.29, 0.717) is 0 Å². The first kappa shape index (κ1) is 38.5. The van der Waals surface area contributed by atoms with Crippen molar-refractivity contribution in [2.45, 2.75) is 137 Å². The number of hydrogen-bond donors (Lipinski definition) is 13. The fraction of sp³-hybridized carbons (Fsp3) is 0.962. The highest BCUT2D eigenvalue weighted by atomic mass is 16.8. The van der Waals surface area contributed by atoms with Crippen LogP contribution in [0.25, 0.3) is 0 Å². The minimum atomic E-state index is -1.92. The molecular formula is C26H45NO20. The molecule has 0 unspecified atom stereocenters. The third-order valence-corrected chi connectivity index (χ3v) is 8.57. The quantitative estimate of drug-likeness (QED) is 0.101. The van der Waals surface area contributed by atoms with Gasteiger partial charge in [0.05, 0.1) is 25.9 Å². The molecule has 47 heavy (non-hydrogen) atoms. The zero-order valence-electron chi connectivity index (χ0n) is 25.3. The molecule has 4 aliphatic heterocycles. The molecule has 21 nitrogen and oxygen atoms in total. The Labute approximate surface area is 267 Å². The molecule has 13 N–H and O–H groups in total. The molecule has 274 valence electrons. The van der Waals surface area contributed by atoms with Gasteiger partial charge >= 0.3 is 0 Å². The number of nitrogens with one attached hydrogen (secondary N) is 1. The number of carbonyl (C=O) groups excluding carboxylic acids is 1. The van der Waals surface area contributed by atoms with Gasteiger partial charge in [-0.15, -0.1) is 0 Å². The number of aliphatic hydroxyl groups is 12. The summed E-state index contributed by atoms with van der Waals surface area (Å²) in [6, 6.07) is -1.58. The lowest BCUT2D eigenvalue weighted by Gasteiger charge is -2.50. The summed E-state index contributed by atoms with van der Waals surface area (Å²) in [6.45, 7) is -0.108. The first-order valence-corrected chi connectivity index (χ1v) is 15.0. The molecule has 0 saturated carbocycles. The third-order valence-electron chi connectivity index (χ3n) is 8.57. The van der Waals surface area contributed by atoms with Crippen LogP contribution in [0.2, 0.25) is 0 Å². The van der Waals surface area contributed by atoms with E-state index in [4.69, 9.17) is 33.2 Å². The highest BCUT2D eigenvalue weighted by Gasteiger charge is 2.55. The lowest BCUT2D eigenvalue weighted by atomic mass is 9.94. The zero-order valence-corrected chi connectivity index (χ0v) is 25.3. The van der Waals surface area contributed by atoms with E-state index in [1.165, 1.54) is 6.92 Å². The summed E-state index contributed by atoms with van der Waals surface area (Å²) in [7, 11) is 0. The lowest BCUT2D eigenvalue weighted by molar-refractivity contribution is -0.387. The average molecular weight is 692 g/mol. The maximum Gasteiger partial charge on any atom is 0.217 e. The second kappa shape index (κ2) is 16.2. The van der Waals surface area contributed by atoms with E-state index in [1.54, 1.807) is 0 Å². The van der Waals surface area contributed by atoms with Gasteiger partial charge < -0.3 is 99.8 Å². The molecule has 0 aromatic carbocycles. The molecule has 0 radical (unpaired) electrons. The zero-order chi connectivity index (χ0) is 34.9. The van der Waals surface area contributed by atoms with Crippen LogP contribution in [-0.4, -0.2) is 210 Å². The van der Waals surface area contributed by atoms with Crippen molar-refractivity contribution >= 4 is 5.91 Å². The highest BCUT2D eigenvalue weighted by Crippen LogP contribution is 2.34. The molecule has 4 fully saturated rings. The average Bonchev–Trinajstić information content (AvgIpc) is 3.04. The molecule has 0 aromatic heterocycles. The monoisotopic (exact) mass is 691 g/mol. The minimum absolute atomic E-state index is 0.735. The van der Waals surface area contributed by atoms with E-state index in [-0.39, 0.29) is 0 Å². The van der Waals surface area contributed by atoms with Crippen molar-refractivity contribution in [3.63, 3.8) is 0 Å². The van der Waals surface area contributed by atoms with Gasteiger partial charge in [0.25, 0.3) is 0 Å². The molecule has 0 aromatic rings. The smallest absolute Gasteiger partial charge is 0.217 e. The van der Waals surface area contributed by atoms with Gasteiger partial charge in [-0.2, -0.15) is 0 Å². The van der Waals surface area contributed by atoms with Gasteiger partial charge in [0, 0.05) is 6.92 Å².